The van der Waals surface area contributed by atoms with Gasteiger partial charge in [0.1, 0.15) is 12.6 Å². The second kappa shape index (κ2) is 21.6. The molecule has 0 radical (unpaired) electrons. The second-order valence-corrected chi connectivity index (χ2v) is 14.6. The van der Waals surface area contributed by atoms with Crippen LogP contribution < -0.4 is 10.6 Å². The first kappa shape index (κ1) is 43.3. The van der Waals surface area contributed by atoms with Crippen LogP contribution in [0.5, 0.6) is 0 Å². The molecule has 3 aromatic carbocycles. The standard InChI is InChI=1S/C43H56N4O9/c1-29(2)38(40(50)47-23-21-35(22-24-47)46(4)43(53)55-28-33-19-13-8-14-20-33)45-39(49)34(25-31-15-9-6-10-16-31)27-37(48)36(26-32-17-11-7-12-18-32)44-42(52)56-30(3)41(51)54-5/h6-20,29-30,34-38,48H,21-28H2,1-5H3,(H,44,52)(H,45,49). The number of hydrogen-bond acceptors (Lipinski definition) is 9. The summed E-state index contributed by atoms with van der Waals surface area (Å²) in [5.41, 5.74) is 2.58. The summed E-state index contributed by atoms with van der Waals surface area (Å²) in [7, 11) is 2.90. The van der Waals surface area contributed by atoms with Crippen LogP contribution >= 0.6 is 0 Å². The molecule has 4 amide bonds. The lowest BCUT2D eigenvalue weighted by molar-refractivity contribution is -0.149. The molecular formula is C43H56N4O9. The van der Waals surface area contributed by atoms with Gasteiger partial charge in [-0.2, -0.15) is 0 Å². The van der Waals surface area contributed by atoms with Crippen molar-refractivity contribution >= 4 is 30.0 Å². The Balaban J connectivity index is 1.44. The topological polar surface area (TPSA) is 164 Å². The summed E-state index contributed by atoms with van der Waals surface area (Å²) in [4.78, 5) is 69.1. The molecule has 1 saturated heterocycles. The number of nitrogens with zero attached hydrogens (tertiary/aromatic N) is 2. The highest BCUT2D eigenvalue weighted by atomic mass is 16.6. The minimum atomic E-state index is -1.22. The number of hydrogen-bond donors (Lipinski definition) is 3. The maximum atomic E-state index is 14.2. The molecule has 56 heavy (non-hydrogen) atoms. The zero-order valence-electron chi connectivity index (χ0n) is 33.0. The van der Waals surface area contributed by atoms with E-state index in [0.717, 1.165) is 16.7 Å². The Kier molecular flexibility index (Phi) is 16.7. The first-order valence-corrected chi connectivity index (χ1v) is 19.2. The van der Waals surface area contributed by atoms with E-state index < -0.39 is 54.3 Å². The maximum Gasteiger partial charge on any atom is 0.410 e. The molecule has 0 aromatic heterocycles. The Hall–Kier alpha value is -5.43. The summed E-state index contributed by atoms with van der Waals surface area (Å²) >= 11 is 0. The van der Waals surface area contributed by atoms with Crippen molar-refractivity contribution in [2.75, 3.05) is 27.2 Å². The summed E-state index contributed by atoms with van der Waals surface area (Å²) in [5, 5.41) is 17.4. The van der Waals surface area contributed by atoms with Crippen LogP contribution in [0.1, 0.15) is 56.7 Å². The predicted molar refractivity (Wildman–Crippen MR) is 210 cm³/mol. The zero-order valence-corrected chi connectivity index (χ0v) is 33.0. The van der Waals surface area contributed by atoms with Gasteiger partial charge in [-0.1, -0.05) is 105 Å². The fraction of sp³-hybridized carbons (Fsp3) is 0.465. The van der Waals surface area contributed by atoms with E-state index in [-0.39, 0.29) is 43.7 Å². The van der Waals surface area contributed by atoms with Crippen LogP contribution in [0.15, 0.2) is 91.0 Å². The second-order valence-electron chi connectivity index (χ2n) is 14.6. The van der Waals surface area contributed by atoms with Gasteiger partial charge in [0.05, 0.1) is 19.3 Å². The normalized spacial score (nSPS) is 15.7. The molecule has 302 valence electrons. The summed E-state index contributed by atoms with van der Waals surface area (Å²) in [5.74, 6) is -2.39. The molecule has 0 saturated carbocycles. The number of ether oxygens (including phenoxy) is 3. The molecule has 0 spiro atoms. The van der Waals surface area contributed by atoms with Gasteiger partial charge in [-0.05, 0) is 61.6 Å². The number of aliphatic hydroxyl groups is 1. The largest absolute Gasteiger partial charge is 0.466 e. The van der Waals surface area contributed by atoms with E-state index >= 15 is 0 Å². The Labute approximate surface area is 329 Å². The number of piperidine rings is 1. The number of methoxy groups -OCH3 is 1. The van der Waals surface area contributed by atoms with Crippen molar-refractivity contribution in [2.24, 2.45) is 11.8 Å². The number of likely N-dealkylation sites (tertiary alicyclic amines) is 1. The molecule has 1 fully saturated rings. The third-order valence-electron chi connectivity index (χ3n) is 10.2. The number of rotatable bonds is 17. The fourth-order valence-electron chi connectivity index (χ4n) is 6.77. The van der Waals surface area contributed by atoms with E-state index in [4.69, 9.17) is 9.47 Å². The summed E-state index contributed by atoms with van der Waals surface area (Å²) < 4.78 is 15.4. The summed E-state index contributed by atoms with van der Waals surface area (Å²) in [6, 6.07) is 26.3. The van der Waals surface area contributed by atoms with Crippen molar-refractivity contribution in [3.05, 3.63) is 108 Å². The van der Waals surface area contributed by atoms with Gasteiger partial charge in [-0.3, -0.25) is 9.59 Å². The number of alkyl carbamates (subject to hydrolysis) is 1. The quantitative estimate of drug-likeness (QED) is 0.128. The highest BCUT2D eigenvalue weighted by Crippen LogP contribution is 2.22. The number of carbonyl (C=O) groups is 5. The molecule has 4 rings (SSSR count). The molecule has 1 aliphatic heterocycles. The SMILES string of the molecule is COC(=O)C(C)OC(=O)NC(Cc1ccccc1)C(O)CC(Cc1ccccc1)C(=O)NC(C(=O)N1CCC(N(C)C(=O)OCc2ccccc2)CC1)C(C)C. The molecule has 5 unspecified atom stereocenters. The highest BCUT2D eigenvalue weighted by molar-refractivity contribution is 5.89. The number of benzene rings is 3. The highest BCUT2D eigenvalue weighted by Gasteiger charge is 2.36. The van der Waals surface area contributed by atoms with Gasteiger partial charge in [0.25, 0.3) is 0 Å². The molecule has 1 heterocycles. The van der Waals surface area contributed by atoms with Crippen LogP contribution in [0.4, 0.5) is 9.59 Å². The van der Waals surface area contributed by atoms with Crippen molar-refractivity contribution in [1.29, 1.82) is 0 Å². The Morgan fingerprint density at radius 1 is 0.804 bits per heavy atom. The van der Waals surface area contributed by atoms with E-state index in [9.17, 15) is 29.1 Å². The number of aliphatic hydroxyl groups excluding tert-OH is 1. The van der Waals surface area contributed by atoms with Gasteiger partial charge in [0.2, 0.25) is 11.8 Å². The van der Waals surface area contributed by atoms with Gasteiger partial charge in [-0.15, -0.1) is 0 Å². The number of amides is 4. The molecular weight excluding hydrogens is 716 g/mol. The van der Waals surface area contributed by atoms with E-state index in [0.29, 0.717) is 25.9 Å². The number of carbonyl (C=O) groups excluding carboxylic acids is 5. The van der Waals surface area contributed by atoms with E-state index in [1.54, 1.807) is 16.8 Å². The molecule has 13 nitrogen and oxygen atoms in total. The van der Waals surface area contributed by atoms with Crippen LogP contribution in [0, 0.1) is 11.8 Å². The van der Waals surface area contributed by atoms with Crippen molar-refractivity contribution in [1.82, 2.24) is 20.4 Å². The number of esters is 1. The average molecular weight is 773 g/mol. The molecule has 0 aliphatic carbocycles. The van der Waals surface area contributed by atoms with Crippen LogP contribution in [-0.2, 0) is 48.0 Å². The van der Waals surface area contributed by atoms with E-state index in [2.05, 4.69) is 15.4 Å². The van der Waals surface area contributed by atoms with Crippen LogP contribution in [0.25, 0.3) is 0 Å². The average Bonchev–Trinajstić information content (AvgIpc) is 3.21. The number of nitrogens with one attached hydrogen (secondary N) is 2. The summed E-state index contributed by atoms with van der Waals surface area (Å²) in [6.07, 6.45) is -2.20. The Bertz CT molecular complexity index is 1700. The van der Waals surface area contributed by atoms with Crippen LogP contribution in [0.3, 0.4) is 0 Å². The van der Waals surface area contributed by atoms with Crippen molar-refractivity contribution < 1.29 is 43.3 Å². The molecule has 5 atom stereocenters. The predicted octanol–water partition coefficient (Wildman–Crippen LogP) is 4.90. The first-order valence-electron chi connectivity index (χ1n) is 19.2. The molecule has 3 N–H and O–H groups in total. The van der Waals surface area contributed by atoms with Gasteiger partial charge in [0.15, 0.2) is 6.10 Å². The third kappa shape index (κ3) is 13.1. The Morgan fingerprint density at radius 2 is 1.34 bits per heavy atom. The van der Waals surface area contributed by atoms with E-state index in [1.165, 1.54) is 14.0 Å². The van der Waals surface area contributed by atoms with E-state index in [1.807, 2.05) is 105 Å². The molecule has 3 aromatic rings. The van der Waals surface area contributed by atoms with Gasteiger partial charge >= 0.3 is 18.2 Å². The lowest BCUT2D eigenvalue weighted by Crippen LogP contribution is -2.56. The fourth-order valence-corrected chi connectivity index (χ4v) is 6.77. The summed E-state index contributed by atoms with van der Waals surface area (Å²) in [6.45, 7) is 6.10. The van der Waals surface area contributed by atoms with Crippen molar-refractivity contribution in [2.45, 2.75) is 89.8 Å². The van der Waals surface area contributed by atoms with Crippen molar-refractivity contribution in [3.63, 3.8) is 0 Å². The first-order chi connectivity index (χ1) is 26.9. The van der Waals surface area contributed by atoms with Gasteiger partial charge in [0, 0.05) is 32.1 Å². The van der Waals surface area contributed by atoms with Crippen LogP contribution in [-0.4, -0.2) is 102 Å². The monoisotopic (exact) mass is 772 g/mol. The molecule has 1 aliphatic rings. The lowest BCUT2D eigenvalue weighted by Gasteiger charge is -2.38. The Morgan fingerprint density at radius 3 is 1.88 bits per heavy atom. The van der Waals surface area contributed by atoms with Gasteiger partial charge in [-0.25, -0.2) is 14.4 Å². The lowest BCUT2D eigenvalue weighted by atomic mass is 9.88. The third-order valence-corrected chi connectivity index (χ3v) is 10.2. The minimum Gasteiger partial charge on any atom is -0.466 e. The molecule has 13 heteroatoms. The molecule has 0 bridgehead atoms. The van der Waals surface area contributed by atoms with Gasteiger partial charge < -0.3 is 39.8 Å². The minimum absolute atomic E-state index is 0.0534. The maximum absolute atomic E-state index is 14.2. The zero-order chi connectivity index (χ0) is 40.6. The van der Waals surface area contributed by atoms with Crippen molar-refractivity contribution in [3.8, 4) is 0 Å². The smallest absolute Gasteiger partial charge is 0.410 e. The van der Waals surface area contributed by atoms with Crippen LogP contribution in [0.2, 0.25) is 0 Å².